The molecule has 0 saturated heterocycles. The highest BCUT2D eigenvalue weighted by Gasteiger charge is 2.17. The number of ether oxygens (including phenoxy) is 1. The summed E-state index contributed by atoms with van der Waals surface area (Å²) in [6.45, 7) is 1.31. The monoisotopic (exact) mass is 273 g/mol. The maximum atomic E-state index is 13.8. The van der Waals surface area contributed by atoms with Gasteiger partial charge in [0.2, 0.25) is 0 Å². The maximum absolute atomic E-state index is 13.8. The summed E-state index contributed by atoms with van der Waals surface area (Å²) in [5.41, 5.74) is 5.44. The van der Waals surface area contributed by atoms with Crippen LogP contribution in [-0.2, 0) is 0 Å². The molecular formula is C15H12FNO3. The van der Waals surface area contributed by atoms with Crippen LogP contribution < -0.4 is 10.5 Å². The van der Waals surface area contributed by atoms with E-state index in [2.05, 4.69) is 0 Å². The van der Waals surface area contributed by atoms with Crippen molar-refractivity contribution in [3.8, 4) is 11.5 Å². The molecule has 4 nitrogen and oxygen atoms in total. The lowest BCUT2D eigenvalue weighted by Gasteiger charge is -2.12. The summed E-state index contributed by atoms with van der Waals surface area (Å²) in [4.78, 5) is 22.8. The van der Waals surface area contributed by atoms with Crippen LogP contribution in [0.4, 0.5) is 4.39 Å². The van der Waals surface area contributed by atoms with Gasteiger partial charge >= 0.3 is 0 Å². The molecule has 0 atom stereocenters. The molecule has 0 fully saturated rings. The van der Waals surface area contributed by atoms with Gasteiger partial charge < -0.3 is 10.5 Å². The van der Waals surface area contributed by atoms with E-state index in [9.17, 15) is 14.0 Å². The van der Waals surface area contributed by atoms with Gasteiger partial charge in [0.05, 0.1) is 11.1 Å². The maximum Gasteiger partial charge on any atom is 0.252 e. The molecule has 0 aliphatic carbocycles. The highest BCUT2D eigenvalue weighted by molar-refractivity contribution is 5.98. The van der Waals surface area contributed by atoms with E-state index in [1.807, 2.05) is 0 Å². The first-order valence-corrected chi connectivity index (χ1v) is 5.87. The Balaban J connectivity index is 2.51. The Morgan fingerprint density at radius 1 is 1.05 bits per heavy atom. The molecule has 1 amide bonds. The van der Waals surface area contributed by atoms with Crippen molar-refractivity contribution in [1.29, 1.82) is 0 Å². The minimum absolute atomic E-state index is 0.101. The highest BCUT2D eigenvalue weighted by atomic mass is 19.1. The summed E-state index contributed by atoms with van der Waals surface area (Å²) in [6, 6.07) is 10.2. The van der Waals surface area contributed by atoms with E-state index in [-0.39, 0.29) is 28.4 Å². The molecule has 2 aromatic carbocycles. The molecule has 0 heterocycles. The van der Waals surface area contributed by atoms with Crippen molar-refractivity contribution in [2.45, 2.75) is 6.92 Å². The quantitative estimate of drug-likeness (QED) is 0.871. The zero-order valence-corrected chi connectivity index (χ0v) is 10.7. The van der Waals surface area contributed by atoms with Crippen LogP contribution in [-0.4, -0.2) is 11.7 Å². The molecule has 2 rings (SSSR count). The van der Waals surface area contributed by atoms with Gasteiger partial charge in [-0.15, -0.1) is 0 Å². The normalized spacial score (nSPS) is 10.1. The van der Waals surface area contributed by atoms with Crippen molar-refractivity contribution in [3.63, 3.8) is 0 Å². The molecule has 2 aromatic rings. The van der Waals surface area contributed by atoms with Crippen LogP contribution in [0.15, 0.2) is 42.5 Å². The lowest BCUT2D eigenvalue weighted by atomic mass is 10.1. The number of primary amides is 1. The fourth-order valence-corrected chi connectivity index (χ4v) is 1.76. The number of para-hydroxylation sites is 2. The number of halogens is 1. The number of carbonyl (C=O) groups is 2. The van der Waals surface area contributed by atoms with Crippen LogP contribution >= 0.6 is 0 Å². The zero-order valence-electron chi connectivity index (χ0n) is 10.7. The second-order valence-electron chi connectivity index (χ2n) is 4.14. The highest BCUT2D eigenvalue weighted by Crippen LogP contribution is 2.30. The number of Topliss-reactive ketones (excluding diaryl/α,β-unsaturated/α-hetero) is 1. The van der Waals surface area contributed by atoms with Crippen molar-refractivity contribution in [3.05, 3.63) is 59.4 Å². The van der Waals surface area contributed by atoms with Crippen molar-refractivity contribution in [2.75, 3.05) is 0 Å². The molecular weight excluding hydrogens is 261 g/mol. The molecule has 0 saturated carbocycles. The zero-order chi connectivity index (χ0) is 14.7. The molecule has 0 bridgehead atoms. The SMILES string of the molecule is CC(=O)c1cccc(F)c1Oc1ccccc1C(N)=O. The lowest BCUT2D eigenvalue weighted by Crippen LogP contribution is -2.12. The van der Waals surface area contributed by atoms with Crippen LogP contribution in [0.25, 0.3) is 0 Å². The Hall–Kier alpha value is -2.69. The van der Waals surface area contributed by atoms with E-state index in [4.69, 9.17) is 10.5 Å². The first-order chi connectivity index (χ1) is 9.50. The number of amides is 1. The van der Waals surface area contributed by atoms with Gasteiger partial charge in [-0.05, 0) is 31.2 Å². The fourth-order valence-electron chi connectivity index (χ4n) is 1.76. The Morgan fingerprint density at radius 2 is 1.70 bits per heavy atom. The Labute approximate surface area is 115 Å². The van der Waals surface area contributed by atoms with Gasteiger partial charge in [-0.3, -0.25) is 9.59 Å². The second kappa shape index (κ2) is 5.52. The summed E-state index contributed by atoms with van der Waals surface area (Å²) in [7, 11) is 0. The second-order valence-corrected chi connectivity index (χ2v) is 4.14. The lowest BCUT2D eigenvalue weighted by molar-refractivity contribution is 0.0996. The van der Waals surface area contributed by atoms with Gasteiger partial charge in [0.15, 0.2) is 17.3 Å². The molecule has 102 valence electrons. The Morgan fingerprint density at radius 3 is 2.35 bits per heavy atom. The summed E-state index contributed by atoms with van der Waals surface area (Å²) in [6.07, 6.45) is 0. The van der Waals surface area contributed by atoms with Crippen molar-refractivity contribution in [2.24, 2.45) is 5.73 Å². The summed E-state index contributed by atoms with van der Waals surface area (Å²) >= 11 is 0. The number of hydrogen-bond donors (Lipinski definition) is 1. The molecule has 0 spiro atoms. The number of hydrogen-bond acceptors (Lipinski definition) is 3. The van der Waals surface area contributed by atoms with Gasteiger partial charge in [0.1, 0.15) is 5.75 Å². The summed E-state index contributed by atoms with van der Waals surface area (Å²) in [5.74, 6) is -1.82. The fraction of sp³-hybridized carbons (Fsp3) is 0.0667. The van der Waals surface area contributed by atoms with Gasteiger partial charge in [0, 0.05) is 0 Å². The van der Waals surface area contributed by atoms with Crippen molar-refractivity contribution < 1.29 is 18.7 Å². The van der Waals surface area contributed by atoms with E-state index >= 15 is 0 Å². The van der Waals surface area contributed by atoms with E-state index in [1.54, 1.807) is 12.1 Å². The molecule has 2 N–H and O–H groups in total. The molecule has 0 radical (unpaired) electrons. The van der Waals surface area contributed by atoms with Gasteiger partial charge in [-0.2, -0.15) is 0 Å². The molecule has 20 heavy (non-hydrogen) atoms. The molecule has 0 unspecified atom stereocenters. The van der Waals surface area contributed by atoms with Crippen LogP contribution in [0.3, 0.4) is 0 Å². The van der Waals surface area contributed by atoms with Gasteiger partial charge in [-0.25, -0.2) is 4.39 Å². The van der Waals surface area contributed by atoms with E-state index in [0.29, 0.717) is 0 Å². The van der Waals surface area contributed by atoms with Crippen molar-refractivity contribution >= 4 is 11.7 Å². The van der Waals surface area contributed by atoms with Crippen LogP contribution in [0.1, 0.15) is 27.6 Å². The van der Waals surface area contributed by atoms with Crippen LogP contribution in [0.2, 0.25) is 0 Å². The predicted octanol–water partition coefficient (Wildman–Crippen LogP) is 2.92. The predicted molar refractivity (Wildman–Crippen MR) is 71.4 cm³/mol. The van der Waals surface area contributed by atoms with E-state index < -0.39 is 11.7 Å². The molecule has 5 heteroatoms. The number of ketones is 1. The van der Waals surface area contributed by atoms with E-state index in [1.165, 1.54) is 37.3 Å². The molecule has 0 aromatic heterocycles. The third kappa shape index (κ3) is 2.66. The topological polar surface area (TPSA) is 69.4 Å². The average Bonchev–Trinajstić information content (AvgIpc) is 2.41. The average molecular weight is 273 g/mol. The minimum atomic E-state index is -0.693. The number of carbonyl (C=O) groups excluding carboxylic acids is 2. The Bertz CT molecular complexity index is 683. The molecule has 0 aliphatic rings. The van der Waals surface area contributed by atoms with Crippen LogP contribution in [0, 0.1) is 5.82 Å². The number of rotatable bonds is 4. The summed E-state index contributed by atoms with van der Waals surface area (Å²) in [5, 5.41) is 0. The minimum Gasteiger partial charge on any atom is -0.453 e. The van der Waals surface area contributed by atoms with Crippen LogP contribution in [0.5, 0.6) is 11.5 Å². The summed E-state index contributed by atoms with van der Waals surface area (Å²) < 4.78 is 19.2. The number of nitrogens with two attached hydrogens (primary N) is 1. The van der Waals surface area contributed by atoms with Gasteiger partial charge in [0.25, 0.3) is 5.91 Å². The largest absolute Gasteiger partial charge is 0.453 e. The third-order valence-corrected chi connectivity index (χ3v) is 2.71. The molecule has 0 aliphatic heterocycles. The standard InChI is InChI=1S/C15H12FNO3/c1-9(18)10-6-4-7-12(16)14(10)20-13-8-3-2-5-11(13)15(17)19/h2-8H,1H3,(H2,17,19). The first-order valence-electron chi connectivity index (χ1n) is 5.87. The van der Waals surface area contributed by atoms with Crippen molar-refractivity contribution in [1.82, 2.24) is 0 Å². The smallest absolute Gasteiger partial charge is 0.252 e. The van der Waals surface area contributed by atoms with Gasteiger partial charge in [-0.1, -0.05) is 18.2 Å². The Kier molecular flexibility index (Phi) is 3.79. The third-order valence-electron chi connectivity index (χ3n) is 2.71. The number of benzene rings is 2. The first kappa shape index (κ1) is 13.7. The van der Waals surface area contributed by atoms with E-state index in [0.717, 1.165) is 0 Å².